The van der Waals surface area contributed by atoms with Crippen LogP contribution in [0.3, 0.4) is 0 Å². The molecule has 0 saturated heterocycles. The fourth-order valence-corrected chi connectivity index (χ4v) is 18.4. The average Bonchev–Trinajstić information content (AvgIpc) is 4.26. The summed E-state index contributed by atoms with van der Waals surface area (Å²) in [5.41, 5.74) is 17.5. The van der Waals surface area contributed by atoms with Crippen molar-refractivity contribution in [2.24, 2.45) is 0 Å². The molecule has 13 aromatic carbocycles. The molecule has 0 unspecified atom stereocenters. The number of rotatable bonds is 10. The minimum Gasteiger partial charge on any atom is -0.309 e. The first-order valence-electron chi connectivity index (χ1n) is 28.3. The minimum atomic E-state index is -3.00. The molecule has 0 atom stereocenters. The number of nitrogens with zero attached hydrogens (tertiary/aromatic N) is 3. The van der Waals surface area contributed by atoms with Gasteiger partial charge in [-0.25, -0.2) is 0 Å². The summed E-state index contributed by atoms with van der Waals surface area (Å²) in [5.74, 6) is 0. The number of benzene rings is 13. The third kappa shape index (κ3) is 7.57. The van der Waals surface area contributed by atoms with E-state index in [0.29, 0.717) is 0 Å². The normalized spacial score (nSPS) is 11.9. The number of hydrogen-bond donors (Lipinski definition) is 0. The molecule has 0 aliphatic carbocycles. The highest BCUT2D eigenvalue weighted by molar-refractivity contribution is 7.20. The molecular weight excluding hydrogens is 1010 g/mol. The molecule has 4 heteroatoms. The van der Waals surface area contributed by atoms with Crippen LogP contribution in [0.15, 0.2) is 322 Å². The third-order valence-electron chi connectivity index (χ3n) is 17.1. The Hall–Kier alpha value is -10.5. The molecule has 3 nitrogen and oxygen atoms in total. The van der Waals surface area contributed by atoms with E-state index in [4.69, 9.17) is 0 Å². The average molecular weight is 1060 g/mol. The first-order valence-corrected chi connectivity index (χ1v) is 30.3. The summed E-state index contributed by atoms with van der Waals surface area (Å²) >= 11 is 0. The van der Waals surface area contributed by atoms with Gasteiger partial charge in [0.15, 0.2) is 8.07 Å². The summed E-state index contributed by atoms with van der Waals surface area (Å²) in [4.78, 5) is 0. The third-order valence-corrected chi connectivity index (χ3v) is 21.9. The van der Waals surface area contributed by atoms with Crippen LogP contribution in [0.25, 0.3) is 116 Å². The minimum absolute atomic E-state index is 1.09. The van der Waals surface area contributed by atoms with Crippen molar-refractivity contribution in [1.82, 2.24) is 13.7 Å². The zero-order valence-electron chi connectivity index (χ0n) is 44.9. The Morgan fingerprint density at radius 1 is 0.171 bits per heavy atom. The summed E-state index contributed by atoms with van der Waals surface area (Å²) in [6.45, 7) is 0. The van der Waals surface area contributed by atoms with E-state index in [-0.39, 0.29) is 0 Å². The lowest BCUT2D eigenvalue weighted by atomic mass is 10.0. The summed E-state index contributed by atoms with van der Waals surface area (Å²) in [5, 5.41) is 12.7. The standard InChI is InChI=1S/C78H53N3Si/c1-5-23-54(24-6-1)56-27-21-33-65(49-56)82(63-29-9-3-10-30-63,64-31-11-4-12-32-64)66-34-22-28-57(50-66)59-47-61(80-73-39-17-13-35-67(73)68-36-14-18-40-74(68)80)52-62(48-59)81-76-42-20-16-38-70(76)72-53-60(44-46-78(72)81)79-75-41-19-15-37-69(75)71-51-58(43-45-77(71)79)55-25-7-2-8-26-55/h1-53H. The van der Waals surface area contributed by atoms with Crippen LogP contribution >= 0.6 is 0 Å². The Bertz CT molecular complexity index is 5000. The Morgan fingerprint density at radius 3 is 0.976 bits per heavy atom. The van der Waals surface area contributed by atoms with E-state index in [1.54, 1.807) is 0 Å². The van der Waals surface area contributed by atoms with E-state index in [0.717, 1.165) is 39.2 Å². The second-order valence-electron chi connectivity index (χ2n) is 21.6. The van der Waals surface area contributed by atoms with Gasteiger partial charge in [0, 0.05) is 49.4 Å². The molecule has 0 amide bonds. The number of hydrogen-bond acceptors (Lipinski definition) is 0. The van der Waals surface area contributed by atoms with E-state index in [1.807, 2.05) is 0 Å². The second-order valence-corrected chi connectivity index (χ2v) is 25.4. The van der Waals surface area contributed by atoms with Gasteiger partial charge in [-0.3, -0.25) is 0 Å². The van der Waals surface area contributed by atoms with Gasteiger partial charge in [-0.2, -0.15) is 0 Å². The van der Waals surface area contributed by atoms with Crippen molar-refractivity contribution >= 4 is 94.2 Å². The van der Waals surface area contributed by atoms with Crippen LogP contribution in [0.5, 0.6) is 0 Å². The summed E-state index contributed by atoms with van der Waals surface area (Å²) in [7, 11) is -3.00. The van der Waals surface area contributed by atoms with Gasteiger partial charge in [-0.15, -0.1) is 0 Å². The van der Waals surface area contributed by atoms with Crippen molar-refractivity contribution in [3.63, 3.8) is 0 Å². The summed E-state index contributed by atoms with van der Waals surface area (Å²) in [6.07, 6.45) is 0. The molecule has 0 bridgehead atoms. The molecule has 16 rings (SSSR count). The van der Waals surface area contributed by atoms with Crippen LogP contribution in [-0.4, -0.2) is 21.8 Å². The van der Waals surface area contributed by atoms with E-state index >= 15 is 0 Å². The van der Waals surface area contributed by atoms with Crippen molar-refractivity contribution in [3.05, 3.63) is 322 Å². The lowest BCUT2D eigenvalue weighted by molar-refractivity contribution is 1.13. The van der Waals surface area contributed by atoms with Gasteiger partial charge in [0.05, 0.1) is 33.1 Å². The zero-order valence-corrected chi connectivity index (χ0v) is 45.9. The fraction of sp³-hybridized carbons (Fsp3) is 0. The van der Waals surface area contributed by atoms with Crippen LogP contribution in [0, 0.1) is 0 Å². The van der Waals surface area contributed by atoms with Crippen molar-refractivity contribution < 1.29 is 0 Å². The lowest BCUT2D eigenvalue weighted by Gasteiger charge is -2.35. The van der Waals surface area contributed by atoms with E-state index in [1.165, 1.54) is 97.4 Å². The predicted octanol–water partition coefficient (Wildman–Crippen LogP) is 17.4. The van der Waals surface area contributed by atoms with Gasteiger partial charge in [-0.1, -0.05) is 249 Å². The van der Waals surface area contributed by atoms with Crippen LogP contribution in [0.4, 0.5) is 0 Å². The maximum absolute atomic E-state index is 3.00. The summed E-state index contributed by atoms with van der Waals surface area (Å²) < 4.78 is 7.42. The van der Waals surface area contributed by atoms with Gasteiger partial charge in [0.1, 0.15) is 0 Å². The molecule has 3 heterocycles. The SMILES string of the molecule is c1ccc(-c2cccc([Si](c3ccccc3)(c3ccccc3)c3cccc(-c4cc(-n5c6ccccc6c6ccccc65)cc(-n5c6ccccc6c6cc(-n7c8ccccc8c8cc(-c9ccccc9)ccc87)ccc65)c4)c3)c2)cc1. The van der Waals surface area contributed by atoms with E-state index < -0.39 is 8.07 Å². The van der Waals surface area contributed by atoms with Crippen molar-refractivity contribution in [2.45, 2.75) is 0 Å². The first-order chi connectivity index (χ1) is 40.7. The van der Waals surface area contributed by atoms with Crippen molar-refractivity contribution in [3.8, 4) is 50.4 Å². The highest BCUT2D eigenvalue weighted by Crippen LogP contribution is 2.41. The number of para-hydroxylation sites is 4. The van der Waals surface area contributed by atoms with Gasteiger partial charge in [0.25, 0.3) is 0 Å². The second kappa shape index (κ2) is 19.4. The summed E-state index contributed by atoms with van der Waals surface area (Å²) in [6, 6.07) is 120. The topological polar surface area (TPSA) is 14.8 Å². The van der Waals surface area contributed by atoms with Crippen molar-refractivity contribution in [1.29, 1.82) is 0 Å². The molecular formula is C78H53N3Si. The largest absolute Gasteiger partial charge is 0.309 e. The smallest absolute Gasteiger partial charge is 0.179 e. The zero-order chi connectivity index (χ0) is 54.1. The first kappa shape index (κ1) is 47.5. The predicted molar refractivity (Wildman–Crippen MR) is 349 cm³/mol. The van der Waals surface area contributed by atoms with Crippen LogP contribution in [-0.2, 0) is 0 Å². The molecule has 384 valence electrons. The lowest BCUT2D eigenvalue weighted by Crippen LogP contribution is -2.74. The van der Waals surface area contributed by atoms with Crippen LogP contribution in [0.1, 0.15) is 0 Å². The molecule has 0 spiro atoms. The Labute approximate surface area is 477 Å². The molecule has 0 radical (unpaired) electrons. The molecule has 0 saturated carbocycles. The molecule has 0 N–H and O–H groups in total. The van der Waals surface area contributed by atoms with E-state index in [9.17, 15) is 0 Å². The molecule has 0 fully saturated rings. The van der Waals surface area contributed by atoms with Crippen molar-refractivity contribution in [2.75, 3.05) is 0 Å². The Morgan fingerprint density at radius 2 is 0.500 bits per heavy atom. The fourth-order valence-electron chi connectivity index (χ4n) is 13.5. The number of aromatic nitrogens is 3. The van der Waals surface area contributed by atoms with Gasteiger partial charge >= 0.3 is 0 Å². The number of fused-ring (bicyclic) bond motifs is 9. The molecule has 3 aromatic heterocycles. The highest BCUT2D eigenvalue weighted by Gasteiger charge is 2.42. The maximum atomic E-state index is 2.52. The Balaban J connectivity index is 0.936. The van der Waals surface area contributed by atoms with Gasteiger partial charge in [0.2, 0.25) is 0 Å². The van der Waals surface area contributed by atoms with Gasteiger partial charge in [-0.05, 0) is 127 Å². The van der Waals surface area contributed by atoms with Crippen LogP contribution < -0.4 is 20.7 Å². The van der Waals surface area contributed by atoms with Crippen LogP contribution in [0.2, 0.25) is 0 Å². The molecule has 16 aromatic rings. The molecule has 0 aliphatic rings. The maximum Gasteiger partial charge on any atom is 0.179 e. The monoisotopic (exact) mass is 1060 g/mol. The quantitative estimate of drug-likeness (QED) is 0.0958. The molecule has 82 heavy (non-hydrogen) atoms. The molecule has 0 aliphatic heterocycles. The Kier molecular flexibility index (Phi) is 11.2. The van der Waals surface area contributed by atoms with Gasteiger partial charge < -0.3 is 13.7 Å². The highest BCUT2D eigenvalue weighted by atomic mass is 28.3. The van der Waals surface area contributed by atoms with E-state index in [2.05, 4.69) is 335 Å².